The number of hydrogen-bond donors (Lipinski definition) is 1. The molecule has 0 aromatic carbocycles. The van der Waals surface area contributed by atoms with E-state index in [2.05, 4.69) is 6.92 Å². The van der Waals surface area contributed by atoms with Crippen molar-refractivity contribution in [1.29, 1.82) is 0 Å². The fraction of sp³-hybridized carbons (Fsp3) is 0.647. The molecule has 4 atom stereocenters. The van der Waals surface area contributed by atoms with E-state index in [0.29, 0.717) is 19.0 Å². The molecular weight excluding hydrogens is 278 g/mol. The largest absolute Gasteiger partial charge is 0.340 e. The molecule has 0 spiro atoms. The molecule has 3 rings (SSSR count). The molecule has 120 valence electrons. The number of aromatic nitrogens is 1. The third-order valence-electron chi connectivity index (χ3n) is 5.33. The van der Waals surface area contributed by atoms with E-state index in [9.17, 15) is 9.59 Å². The Balaban J connectivity index is 1.82. The first-order valence-electron chi connectivity index (χ1n) is 8.25. The molecule has 2 aliphatic rings. The summed E-state index contributed by atoms with van der Waals surface area (Å²) in [5.74, 6) is 0.883. The predicted molar refractivity (Wildman–Crippen MR) is 85.6 cm³/mol. The average Bonchev–Trinajstić information content (AvgIpc) is 2.53. The van der Waals surface area contributed by atoms with E-state index in [0.717, 1.165) is 25.1 Å². The summed E-state index contributed by atoms with van der Waals surface area (Å²) in [4.78, 5) is 26.6. The van der Waals surface area contributed by atoms with Crippen molar-refractivity contribution in [2.45, 2.75) is 45.2 Å². The van der Waals surface area contributed by atoms with Crippen LogP contribution in [0.3, 0.4) is 0 Å². The Morgan fingerprint density at radius 3 is 2.86 bits per heavy atom. The molecule has 22 heavy (non-hydrogen) atoms. The maximum atomic E-state index is 12.6. The molecular formula is C17H25N3O2. The van der Waals surface area contributed by atoms with Crippen LogP contribution in [-0.2, 0) is 11.3 Å². The normalized spacial score (nSPS) is 26.2. The van der Waals surface area contributed by atoms with Gasteiger partial charge in [0, 0.05) is 37.3 Å². The van der Waals surface area contributed by atoms with E-state index in [1.807, 2.05) is 28.5 Å². The highest BCUT2D eigenvalue weighted by molar-refractivity contribution is 5.82. The average molecular weight is 303 g/mol. The number of hydrogen-bond acceptors (Lipinski definition) is 3. The summed E-state index contributed by atoms with van der Waals surface area (Å²) in [6.45, 7) is 6.21. The quantitative estimate of drug-likeness (QED) is 0.911. The number of rotatable bonds is 3. The van der Waals surface area contributed by atoms with Crippen LogP contribution in [0.15, 0.2) is 23.0 Å². The van der Waals surface area contributed by atoms with Crippen molar-refractivity contribution in [2.75, 3.05) is 13.1 Å². The summed E-state index contributed by atoms with van der Waals surface area (Å²) in [5.41, 5.74) is 7.27. The summed E-state index contributed by atoms with van der Waals surface area (Å²) in [6.07, 6.45) is 1.97. The summed E-state index contributed by atoms with van der Waals surface area (Å²) < 4.78 is 1.88. The first kappa shape index (κ1) is 15.3. The Kier molecular flexibility index (Phi) is 4.08. The molecule has 3 heterocycles. The standard InChI is InChI=1S/C17H25N3O2/c1-3-11(2)16(18)17(22)19-8-12-7-13(10-19)14-5-4-6-15(21)20(14)9-12/h4-6,11-13,16H,3,7-10,18H2,1-2H3/t11-,12?,13+,16-/m0/s1. The molecule has 5 heteroatoms. The van der Waals surface area contributed by atoms with Crippen molar-refractivity contribution in [3.63, 3.8) is 0 Å². The van der Waals surface area contributed by atoms with Crippen LogP contribution < -0.4 is 11.3 Å². The van der Waals surface area contributed by atoms with Crippen molar-refractivity contribution < 1.29 is 4.79 Å². The SMILES string of the molecule is CC[C@H](C)[C@H](N)C(=O)N1CC2C[C@H](C1)c1cccc(=O)n1C2. The van der Waals surface area contributed by atoms with Crippen LogP contribution in [0.2, 0.25) is 0 Å². The van der Waals surface area contributed by atoms with Gasteiger partial charge in [0.15, 0.2) is 0 Å². The smallest absolute Gasteiger partial charge is 0.250 e. The highest BCUT2D eigenvalue weighted by atomic mass is 16.2. The van der Waals surface area contributed by atoms with Crippen LogP contribution >= 0.6 is 0 Å². The van der Waals surface area contributed by atoms with Gasteiger partial charge in [-0.2, -0.15) is 0 Å². The minimum Gasteiger partial charge on any atom is -0.340 e. The van der Waals surface area contributed by atoms with Gasteiger partial charge in [0.25, 0.3) is 5.56 Å². The monoisotopic (exact) mass is 303 g/mol. The van der Waals surface area contributed by atoms with Gasteiger partial charge in [-0.3, -0.25) is 9.59 Å². The second-order valence-corrected chi connectivity index (χ2v) is 6.85. The zero-order valence-corrected chi connectivity index (χ0v) is 13.4. The maximum absolute atomic E-state index is 12.6. The summed E-state index contributed by atoms with van der Waals surface area (Å²) in [7, 11) is 0. The van der Waals surface area contributed by atoms with Gasteiger partial charge >= 0.3 is 0 Å². The number of likely N-dealkylation sites (tertiary alicyclic amines) is 1. The predicted octanol–water partition coefficient (Wildman–Crippen LogP) is 1.17. The lowest BCUT2D eigenvalue weighted by molar-refractivity contribution is -0.136. The highest BCUT2D eigenvalue weighted by Crippen LogP contribution is 2.35. The number of pyridine rings is 1. The zero-order chi connectivity index (χ0) is 15.9. The Hall–Kier alpha value is -1.62. The minimum absolute atomic E-state index is 0.0655. The van der Waals surface area contributed by atoms with Gasteiger partial charge in [0.05, 0.1) is 6.04 Å². The second kappa shape index (κ2) is 5.88. The number of fused-ring (bicyclic) bond motifs is 4. The maximum Gasteiger partial charge on any atom is 0.250 e. The van der Waals surface area contributed by atoms with Crippen molar-refractivity contribution >= 4 is 5.91 Å². The molecule has 1 fully saturated rings. The number of nitrogens with two attached hydrogens (primary N) is 1. The molecule has 2 bridgehead atoms. The number of nitrogens with zero attached hydrogens (tertiary/aromatic N) is 2. The molecule has 1 aromatic heterocycles. The lowest BCUT2D eigenvalue weighted by Gasteiger charge is -2.43. The van der Waals surface area contributed by atoms with Gasteiger partial charge in [-0.15, -0.1) is 0 Å². The lowest BCUT2D eigenvalue weighted by atomic mass is 9.82. The molecule has 1 amide bonds. The van der Waals surface area contributed by atoms with Gasteiger partial charge in [0.1, 0.15) is 0 Å². The van der Waals surface area contributed by atoms with Gasteiger partial charge < -0.3 is 15.2 Å². The first-order valence-corrected chi connectivity index (χ1v) is 8.25. The Bertz CT molecular complexity index is 625. The number of piperidine rings is 1. The molecule has 5 nitrogen and oxygen atoms in total. The van der Waals surface area contributed by atoms with E-state index < -0.39 is 6.04 Å². The van der Waals surface area contributed by atoms with Crippen LogP contribution in [0.1, 0.15) is 38.3 Å². The summed E-state index contributed by atoms with van der Waals surface area (Å²) in [6, 6.07) is 5.04. The van der Waals surface area contributed by atoms with Crippen molar-refractivity contribution in [3.8, 4) is 0 Å². The van der Waals surface area contributed by atoms with Gasteiger partial charge in [0.2, 0.25) is 5.91 Å². The van der Waals surface area contributed by atoms with E-state index in [-0.39, 0.29) is 23.3 Å². The van der Waals surface area contributed by atoms with Crippen LogP contribution in [0, 0.1) is 11.8 Å². The minimum atomic E-state index is -0.415. The van der Waals surface area contributed by atoms with Crippen molar-refractivity contribution in [2.24, 2.45) is 17.6 Å². The summed E-state index contributed by atoms with van der Waals surface area (Å²) in [5, 5.41) is 0. The van der Waals surface area contributed by atoms with E-state index >= 15 is 0 Å². The van der Waals surface area contributed by atoms with E-state index in [1.165, 1.54) is 0 Å². The Morgan fingerprint density at radius 2 is 2.14 bits per heavy atom. The second-order valence-electron chi connectivity index (χ2n) is 6.85. The topological polar surface area (TPSA) is 68.3 Å². The fourth-order valence-corrected chi connectivity index (χ4v) is 3.78. The summed E-state index contributed by atoms with van der Waals surface area (Å²) >= 11 is 0. The van der Waals surface area contributed by atoms with Crippen LogP contribution in [0.5, 0.6) is 0 Å². The molecule has 2 aliphatic heterocycles. The fourth-order valence-electron chi connectivity index (χ4n) is 3.78. The highest BCUT2D eigenvalue weighted by Gasteiger charge is 2.37. The number of carbonyl (C=O) groups excluding carboxylic acids is 1. The molecule has 2 N–H and O–H groups in total. The molecule has 1 aromatic rings. The zero-order valence-electron chi connectivity index (χ0n) is 13.4. The van der Waals surface area contributed by atoms with Crippen molar-refractivity contribution in [1.82, 2.24) is 9.47 Å². The third-order valence-corrected chi connectivity index (χ3v) is 5.33. The first-order chi connectivity index (χ1) is 10.5. The van der Waals surface area contributed by atoms with Gasteiger partial charge in [-0.25, -0.2) is 0 Å². The van der Waals surface area contributed by atoms with E-state index in [1.54, 1.807) is 6.07 Å². The molecule has 0 aliphatic carbocycles. The third kappa shape index (κ3) is 2.58. The van der Waals surface area contributed by atoms with Gasteiger partial charge in [-0.05, 0) is 24.3 Å². The molecule has 1 saturated heterocycles. The van der Waals surface area contributed by atoms with Crippen molar-refractivity contribution in [3.05, 3.63) is 34.2 Å². The number of carbonyl (C=O) groups is 1. The van der Waals surface area contributed by atoms with Crippen LogP contribution in [0.25, 0.3) is 0 Å². The van der Waals surface area contributed by atoms with Crippen LogP contribution in [-0.4, -0.2) is 34.5 Å². The Labute approximate surface area is 131 Å². The lowest BCUT2D eigenvalue weighted by Crippen LogP contribution is -2.54. The van der Waals surface area contributed by atoms with Crippen LogP contribution in [0.4, 0.5) is 0 Å². The van der Waals surface area contributed by atoms with E-state index in [4.69, 9.17) is 5.73 Å². The molecule has 0 saturated carbocycles. The molecule has 0 radical (unpaired) electrons. The van der Waals surface area contributed by atoms with Gasteiger partial charge in [-0.1, -0.05) is 26.3 Å². The molecule has 1 unspecified atom stereocenters. The number of amides is 1. The Morgan fingerprint density at radius 1 is 1.36 bits per heavy atom.